The molecule has 3 rings (SSSR count). The Bertz CT molecular complexity index is 761. The topological polar surface area (TPSA) is 77.8 Å². The van der Waals surface area contributed by atoms with Gasteiger partial charge >= 0.3 is 5.63 Å². The first kappa shape index (κ1) is 15.6. The van der Waals surface area contributed by atoms with Crippen LogP contribution < -0.4 is 15.7 Å². The van der Waals surface area contributed by atoms with E-state index in [4.69, 9.17) is 13.9 Å². The molecular weight excluding hydrogens is 298 g/mol. The SMILES string of the molecule is CCOc1ccc2cc(C(=O)NCC3CCCO3)c(=O)oc2c1. The maximum Gasteiger partial charge on any atom is 0.349 e. The van der Waals surface area contributed by atoms with Crippen LogP contribution in [-0.2, 0) is 4.74 Å². The lowest BCUT2D eigenvalue weighted by molar-refractivity contribution is 0.0855. The maximum atomic E-state index is 12.2. The van der Waals surface area contributed by atoms with Crippen molar-refractivity contribution >= 4 is 16.9 Å². The van der Waals surface area contributed by atoms with E-state index in [0.717, 1.165) is 19.4 Å². The number of carbonyl (C=O) groups excluding carboxylic acids is 1. The first-order valence-corrected chi connectivity index (χ1v) is 7.78. The summed E-state index contributed by atoms with van der Waals surface area (Å²) in [6.45, 7) is 3.53. The Balaban J connectivity index is 1.80. The van der Waals surface area contributed by atoms with Crippen molar-refractivity contribution in [2.45, 2.75) is 25.9 Å². The molecule has 1 amide bonds. The second-order valence-corrected chi connectivity index (χ2v) is 5.43. The fraction of sp³-hybridized carbons (Fsp3) is 0.412. The predicted molar refractivity (Wildman–Crippen MR) is 85.0 cm³/mol. The minimum absolute atomic E-state index is 0.000318. The van der Waals surface area contributed by atoms with Gasteiger partial charge in [-0.25, -0.2) is 4.79 Å². The summed E-state index contributed by atoms with van der Waals surface area (Å²) < 4.78 is 16.1. The second kappa shape index (κ2) is 6.83. The first-order valence-electron chi connectivity index (χ1n) is 7.78. The van der Waals surface area contributed by atoms with Gasteiger partial charge in [0.1, 0.15) is 16.9 Å². The lowest BCUT2D eigenvalue weighted by Gasteiger charge is -2.10. The van der Waals surface area contributed by atoms with Crippen molar-refractivity contribution in [1.82, 2.24) is 5.32 Å². The molecule has 1 N–H and O–H groups in total. The predicted octanol–water partition coefficient (Wildman–Crippen LogP) is 2.10. The average Bonchev–Trinajstić information content (AvgIpc) is 3.05. The third kappa shape index (κ3) is 3.53. The van der Waals surface area contributed by atoms with Crippen LogP contribution in [0.5, 0.6) is 5.75 Å². The van der Waals surface area contributed by atoms with Crippen molar-refractivity contribution in [1.29, 1.82) is 0 Å². The highest BCUT2D eigenvalue weighted by Gasteiger charge is 2.19. The van der Waals surface area contributed by atoms with E-state index in [1.807, 2.05) is 6.92 Å². The van der Waals surface area contributed by atoms with Crippen molar-refractivity contribution in [3.63, 3.8) is 0 Å². The molecule has 1 aromatic heterocycles. The van der Waals surface area contributed by atoms with Crippen LogP contribution in [0.3, 0.4) is 0 Å². The molecule has 23 heavy (non-hydrogen) atoms. The molecule has 0 saturated carbocycles. The number of benzene rings is 1. The molecule has 1 aliphatic rings. The molecular formula is C17H19NO5. The quantitative estimate of drug-likeness (QED) is 0.855. The van der Waals surface area contributed by atoms with E-state index in [1.165, 1.54) is 0 Å². The van der Waals surface area contributed by atoms with Gasteiger partial charge in [0, 0.05) is 24.6 Å². The zero-order valence-electron chi connectivity index (χ0n) is 13.0. The third-order valence-corrected chi connectivity index (χ3v) is 3.78. The molecule has 1 fully saturated rings. The summed E-state index contributed by atoms with van der Waals surface area (Å²) in [5.41, 5.74) is -0.257. The fourth-order valence-electron chi connectivity index (χ4n) is 2.61. The Kier molecular flexibility index (Phi) is 4.62. The van der Waals surface area contributed by atoms with Gasteiger partial charge in [0.05, 0.1) is 12.7 Å². The summed E-state index contributed by atoms with van der Waals surface area (Å²) in [6, 6.07) is 6.73. The van der Waals surface area contributed by atoms with E-state index >= 15 is 0 Å². The van der Waals surface area contributed by atoms with E-state index < -0.39 is 11.5 Å². The molecule has 1 saturated heterocycles. The lowest BCUT2D eigenvalue weighted by atomic mass is 10.1. The molecule has 1 unspecified atom stereocenters. The maximum absolute atomic E-state index is 12.2. The zero-order chi connectivity index (χ0) is 16.2. The molecule has 0 radical (unpaired) electrons. The van der Waals surface area contributed by atoms with E-state index in [-0.39, 0.29) is 11.7 Å². The van der Waals surface area contributed by atoms with Crippen molar-refractivity contribution < 1.29 is 18.7 Å². The number of carbonyl (C=O) groups is 1. The number of hydrogen-bond donors (Lipinski definition) is 1. The minimum atomic E-state index is -0.656. The molecule has 0 aliphatic carbocycles. The van der Waals surface area contributed by atoms with E-state index in [0.29, 0.717) is 29.9 Å². The molecule has 6 nitrogen and oxygen atoms in total. The number of rotatable bonds is 5. The summed E-state index contributed by atoms with van der Waals surface area (Å²) in [7, 11) is 0. The van der Waals surface area contributed by atoms with Crippen molar-refractivity contribution in [3.05, 3.63) is 40.2 Å². The standard InChI is InChI=1S/C17H19NO5/c1-2-21-12-6-5-11-8-14(17(20)23-15(11)9-12)16(19)18-10-13-4-3-7-22-13/h5-6,8-9,13H,2-4,7,10H2,1H3,(H,18,19). The van der Waals surface area contributed by atoms with Gasteiger partial charge in [0.2, 0.25) is 0 Å². The van der Waals surface area contributed by atoms with Crippen LogP contribution in [0, 0.1) is 0 Å². The van der Waals surface area contributed by atoms with Gasteiger partial charge in [-0.05, 0) is 38.0 Å². The number of ether oxygens (including phenoxy) is 2. The highest BCUT2D eigenvalue weighted by molar-refractivity contribution is 5.96. The smallest absolute Gasteiger partial charge is 0.349 e. The number of nitrogens with one attached hydrogen (secondary N) is 1. The van der Waals surface area contributed by atoms with Gasteiger partial charge in [-0.3, -0.25) is 4.79 Å². The highest BCUT2D eigenvalue weighted by Crippen LogP contribution is 2.20. The third-order valence-electron chi connectivity index (χ3n) is 3.78. The Labute approximate surface area is 133 Å². The van der Waals surface area contributed by atoms with Gasteiger partial charge in [-0.2, -0.15) is 0 Å². The molecule has 1 aromatic carbocycles. The summed E-state index contributed by atoms with van der Waals surface area (Å²) >= 11 is 0. The molecule has 1 aliphatic heterocycles. The molecule has 2 aromatic rings. The van der Waals surface area contributed by atoms with Crippen LogP contribution in [0.2, 0.25) is 0 Å². The molecule has 2 heterocycles. The summed E-state index contributed by atoms with van der Waals surface area (Å²) in [5, 5.41) is 3.41. The van der Waals surface area contributed by atoms with Crippen molar-refractivity contribution in [2.24, 2.45) is 0 Å². The van der Waals surface area contributed by atoms with Crippen LogP contribution in [0.4, 0.5) is 0 Å². The Morgan fingerprint density at radius 1 is 1.39 bits per heavy atom. The number of hydrogen-bond acceptors (Lipinski definition) is 5. The van der Waals surface area contributed by atoms with Gasteiger partial charge in [-0.1, -0.05) is 0 Å². The lowest BCUT2D eigenvalue weighted by Crippen LogP contribution is -2.34. The van der Waals surface area contributed by atoms with E-state index in [2.05, 4.69) is 5.32 Å². The molecule has 122 valence electrons. The summed E-state index contributed by atoms with van der Waals surface area (Å²) in [4.78, 5) is 24.2. The monoisotopic (exact) mass is 317 g/mol. The van der Waals surface area contributed by atoms with Gasteiger partial charge in [-0.15, -0.1) is 0 Å². The molecule has 6 heteroatoms. The van der Waals surface area contributed by atoms with Crippen molar-refractivity contribution in [3.8, 4) is 5.75 Å². The minimum Gasteiger partial charge on any atom is -0.494 e. The van der Waals surface area contributed by atoms with Crippen molar-refractivity contribution in [2.75, 3.05) is 19.8 Å². The largest absolute Gasteiger partial charge is 0.494 e. The Hall–Kier alpha value is -2.34. The first-order chi connectivity index (χ1) is 11.2. The van der Waals surface area contributed by atoms with Crippen LogP contribution >= 0.6 is 0 Å². The van der Waals surface area contributed by atoms with Gasteiger partial charge in [0.15, 0.2) is 0 Å². The molecule has 0 spiro atoms. The summed E-state index contributed by atoms with van der Waals surface area (Å²) in [5.74, 6) is 0.184. The van der Waals surface area contributed by atoms with Gasteiger partial charge < -0.3 is 19.2 Å². The fourth-order valence-corrected chi connectivity index (χ4v) is 2.61. The van der Waals surface area contributed by atoms with Crippen LogP contribution in [0.15, 0.2) is 33.5 Å². The zero-order valence-corrected chi connectivity index (χ0v) is 13.0. The summed E-state index contributed by atoms with van der Waals surface area (Å²) in [6.07, 6.45) is 1.95. The molecule has 1 atom stereocenters. The van der Waals surface area contributed by atoms with E-state index in [1.54, 1.807) is 24.3 Å². The van der Waals surface area contributed by atoms with E-state index in [9.17, 15) is 9.59 Å². The number of fused-ring (bicyclic) bond motifs is 1. The Morgan fingerprint density at radius 2 is 2.26 bits per heavy atom. The van der Waals surface area contributed by atoms with Crippen LogP contribution in [0.25, 0.3) is 11.0 Å². The Morgan fingerprint density at radius 3 is 3.00 bits per heavy atom. The second-order valence-electron chi connectivity index (χ2n) is 5.43. The van der Waals surface area contributed by atoms with Gasteiger partial charge in [0.25, 0.3) is 5.91 Å². The molecule has 0 bridgehead atoms. The average molecular weight is 317 g/mol. The highest BCUT2D eigenvalue weighted by atomic mass is 16.5. The normalized spacial score (nSPS) is 17.3. The van der Waals surface area contributed by atoms with Crippen LogP contribution in [-0.4, -0.2) is 31.8 Å². The van der Waals surface area contributed by atoms with Crippen LogP contribution in [0.1, 0.15) is 30.1 Å². The number of amides is 1.